The summed E-state index contributed by atoms with van der Waals surface area (Å²) in [4.78, 5) is 4.78. The number of nitrogens with one attached hydrogen (secondary N) is 2. The van der Waals surface area contributed by atoms with E-state index in [0.29, 0.717) is 17.0 Å². The molecule has 2 aromatic rings. The van der Waals surface area contributed by atoms with Gasteiger partial charge in [0, 0.05) is 40.3 Å². The molecule has 0 bridgehead atoms. The van der Waals surface area contributed by atoms with E-state index in [2.05, 4.69) is 0 Å². The smallest absolute Gasteiger partial charge is 0.0776 e. The number of allylic oxidation sites excluding steroid dienone is 1. The van der Waals surface area contributed by atoms with Gasteiger partial charge in [0.2, 0.25) is 0 Å². The molecule has 0 unspecified atom stereocenters. The number of fused-ring (bicyclic) bond motifs is 3. The summed E-state index contributed by atoms with van der Waals surface area (Å²) in [6.45, 7) is 1.73. The molecule has 1 heterocycles. The topological polar surface area (TPSA) is 113 Å². The summed E-state index contributed by atoms with van der Waals surface area (Å²) in [5, 5.41) is 16.7. The normalized spacial score (nSPS) is 14.6. The largest absolute Gasteiger partial charge is 0.404 e. The number of rotatable bonds is 3. The van der Waals surface area contributed by atoms with Crippen LogP contribution in [-0.2, 0) is 12.8 Å². The number of nitrogens with two attached hydrogens (primary N) is 2. The Bertz CT molecular complexity index is 848. The van der Waals surface area contributed by atoms with Crippen LogP contribution in [0.1, 0.15) is 42.1 Å². The Kier molecular flexibility index (Phi) is 3.86. The van der Waals surface area contributed by atoms with Crippen molar-refractivity contribution in [2.24, 2.45) is 5.73 Å². The summed E-state index contributed by atoms with van der Waals surface area (Å²) in [6, 6.07) is 3.68. The fraction of sp³-hybridized carbons (Fsp3) is 0.278. The molecule has 1 aromatic heterocycles. The molecule has 1 aliphatic carbocycles. The fourth-order valence-electron chi connectivity index (χ4n) is 3.42. The predicted molar refractivity (Wildman–Crippen MR) is 96.2 cm³/mol. The van der Waals surface area contributed by atoms with Gasteiger partial charge in [-0.2, -0.15) is 0 Å². The third kappa shape index (κ3) is 2.38. The molecule has 3 rings (SSSR count). The minimum absolute atomic E-state index is 0.412. The van der Waals surface area contributed by atoms with Gasteiger partial charge in [-0.1, -0.05) is 0 Å². The fourth-order valence-corrected chi connectivity index (χ4v) is 3.42. The second kappa shape index (κ2) is 5.83. The van der Waals surface area contributed by atoms with Crippen molar-refractivity contribution in [1.82, 2.24) is 4.98 Å². The molecule has 1 aliphatic rings. The highest BCUT2D eigenvalue weighted by Gasteiger charge is 2.22. The number of hydrogen-bond acceptors (Lipinski definition) is 5. The van der Waals surface area contributed by atoms with Crippen LogP contribution in [0.4, 0.5) is 5.69 Å². The van der Waals surface area contributed by atoms with Crippen molar-refractivity contribution in [2.45, 2.75) is 32.6 Å². The molecule has 6 N–H and O–H groups in total. The van der Waals surface area contributed by atoms with Crippen molar-refractivity contribution < 1.29 is 0 Å². The molecule has 0 saturated carbocycles. The van der Waals surface area contributed by atoms with Crippen LogP contribution in [0.3, 0.4) is 0 Å². The van der Waals surface area contributed by atoms with E-state index in [-0.39, 0.29) is 0 Å². The lowest BCUT2D eigenvalue weighted by atomic mass is 9.84. The zero-order chi connectivity index (χ0) is 16.6. The third-order valence-corrected chi connectivity index (χ3v) is 4.52. The molecular formula is C18H21N5. The predicted octanol–water partition coefficient (Wildman–Crippen LogP) is 3.03. The maximum absolute atomic E-state index is 7.98. The van der Waals surface area contributed by atoms with Gasteiger partial charge in [-0.05, 0) is 55.9 Å². The molecule has 0 fully saturated rings. The lowest BCUT2D eigenvalue weighted by Crippen LogP contribution is -2.13. The second-order valence-corrected chi connectivity index (χ2v) is 5.94. The van der Waals surface area contributed by atoms with E-state index in [1.807, 2.05) is 6.07 Å². The highest BCUT2D eigenvalue weighted by atomic mass is 14.7. The summed E-state index contributed by atoms with van der Waals surface area (Å²) in [5.74, 6) is 0. The first-order chi connectivity index (χ1) is 11.1. The maximum Gasteiger partial charge on any atom is 0.0776 e. The molecule has 5 heteroatoms. The monoisotopic (exact) mass is 307 g/mol. The number of nitrogens with zero attached hydrogens (tertiary/aromatic N) is 1. The SMILES string of the molecule is CC(=N)/C(=C\N)c1nc2ccc(N)c(C=N)c2c2c1CCCC2. The van der Waals surface area contributed by atoms with Crippen LogP contribution < -0.4 is 11.5 Å². The molecular weight excluding hydrogens is 286 g/mol. The molecule has 0 aliphatic heterocycles. The molecule has 1 aromatic carbocycles. The van der Waals surface area contributed by atoms with Gasteiger partial charge in [0.05, 0.1) is 11.2 Å². The first kappa shape index (κ1) is 15.2. The highest BCUT2D eigenvalue weighted by molar-refractivity contribution is 6.21. The number of anilines is 1. The van der Waals surface area contributed by atoms with E-state index >= 15 is 0 Å². The number of hydrogen-bond donors (Lipinski definition) is 4. The van der Waals surface area contributed by atoms with Crippen molar-refractivity contribution in [1.29, 1.82) is 10.8 Å². The lowest BCUT2D eigenvalue weighted by molar-refractivity contribution is 0.686. The summed E-state index contributed by atoms with van der Waals surface area (Å²) in [5.41, 5.74) is 18.2. The molecule has 0 saturated heterocycles. The Labute approximate surface area is 135 Å². The van der Waals surface area contributed by atoms with E-state index < -0.39 is 0 Å². The Hall–Kier alpha value is -2.69. The second-order valence-electron chi connectivity index (χ2n) is 5.94. The Morgan fingerprint density at radius 2 is 1.91 bits per heavy atom. The van der Waals surface area contributed by atoms with Crippen LogP contribution in [0.15, 0.2) is 18.3 Å². The number of aryl methyl sites for hydroxylation is 1. The van der Waals surface area contributed by atoms with E-state index in [0.717, 1.165) is 53.4 Å². The van der Waals surface area contributed by atoms with Crippen LogP contribution in [0.2, 0.25) is 0 Å². The average molecular weight is 307 g/mol. The van der Waals surface area contributed by atoms with Crippen molar-refractivity contribution >= 4 is 34.1 Å². The summed E-state index contributed by atoms with van der Waals surface area (Å²) >= 11 is 0. The van der Waals surface area contributed by atoms with Crippen LogP contribution in [0.25, 0.3) is 16.5 Å². The summed E-state index contributed by atoms with van der Waals surface area (Å²) in [6.07, 6.45) is 6.87. The van der Waals surface area contributed by atoms with Gasteiger partial charge in [0.25, 0.3) is 0 Å². The number of pyridine rings is 1. The zero-order valence-electron chi connectivity index (χ0n) is 13.2. The molecule has 5 nitrogen and oxygen atoms in total. The molecule has 0 amide bonds. The summed E-state index contributed by atoms with van der Waals surface area (Å²) in [7, 11) is 0. The van der Waals surface area contributed by atoms with Crippen molar-refractivity contribution in [3.8, 4) is 0 Å². The Morgan fingerprint density at radius 1 is 1.22 bits per heavy atom. The number of aromatic nitrogens is 1. The zero-order valence-corrected chi connectivity index (χ0v) is 13.2. The maximum atomic E-state index is 7.98. The Morgan fingerprint density at radius 3 is 2.52 bits per heavy atom. The molecule has 118 valence electrons. The van der Waals surface area contributed by atoms with Gasteiger partial charge in [0.15, 0.2) is 0 Å². The van der Waals surface area contributed by atoms with Gasteiger partial charge in [0.1, 0.15) is 0 Å². The van der Waals surface area contributed by atoms with Crippen molar-refractivity contribution in [3.05, 3.63) is 40.7 Å². The third-order valence-electron chi connectivity index (χ3n) is 4.52. The number of nitrogen functional groups attached to an aromatic ring is 1. The molecule has 23 heavy (non-hydrogen) atoms. The van der Waals surface area contributed by atoms with E-state index in [1.54, 1.807) is 13.0 Å². The summed E-state index contributed by atoms with van der Waals surface area (Å²) < 4.78 is 0. The van der Waals surface area contributed by atoms with E-state index in [4.69, 9.17) is 27.3 Å². The van der Waals surface area contributed by atoms with Gasteiger partial charge in [-0.3, -0.25) is 0 Å². The van der Waals surface area contributed by atoms with Gasteiger partial charge < -0.3 is 22.3 Å². The van der Waals surface area contributed by atoms with Crippen LogP contribution in [0.5, 0.6) is 0 Å². The van der Waals surface area contributed by atoms with Gasteiger partial charge in [-0.15, -0.1) is 0 Å². The van der Waals surface area contributed by atoms with Crippen LogP contribution in [0, 0.1) is 10.8 Å². The van der Waals surface area contributed by atoms with Crippen LogP contribution in [-0.4, -0.2) is 16.9 Å². The molecule has 0 atom stereocenters. The van der Waals surface area contributed by atoms with Crippen LogP contribution >= 0.6 is 0 Å². The minimum Gasteiger partial charge on any atom is -0.404 e. The minimum atomic E-state index is 0.412. The van der Waals surface area contributed by atoms with Crippen molar-refractivity contribution in [2.75, 3.05) is 5.73 Å². The standard InChI is InChI=1S/C18H21N5/c1-10(21)13(8-19)18-12-5-3-2-4-11(12)17-14(9-20)15(22)6-7-16(17)23-18/h6-9,20-21H,2-5,19,22H2,1H3/b13-8+,20-9?,21-10?. The van der Waals surface area contributed by atoms with Crippen molar-refractivity contribution in [3.63, 3.8) is 0 Å². The number of benzene rings is 1. The first-order valence-corrected chi connectivity index (χ1v) is 7.80. The van der Waals surface area contributed by atoms with Gasteiger partial charge >= 0.3 is 0 Å². The Balaban J connectivity index is 2.44. The molecule has 0 spiro atoms. The van der Waals surface area contributed by atoms with Gasteiger partial charge in [-0.25, -0.2) is 4.98 Å². The molecule has 0 radical (unpaired) electrons. The first-order valence-electron chi connectivity index (χ1n) is 7.80. The average Bonchev–Trinajstić information content (AvgIpc) is 2.55. The highest BCUT2D eigenvalue weighted by Crippen LogP contribution is 2.35. The van der Waals surface area contributed by atoms with E-state index in [1.165, 1.54) is 18.0 Å². The quantitative estimate of drug-likeness (QED) is 0.516. The van der Waals surface area contributed by atoms with E-state index in [9.17, 15) is 0 Å². The lowest BCUT2D eigenvalue weighted by Gasteiger charge is -2.23.